The van der Waals surface area contributed by atoms with Crippen molar-refractivity contribution in [1.29, 1.82) is 0 Å². The first kappa shape index (κ1) is 11.5. The molecule has 0 radical (unpaired) electrons. The van der Waals surface area contributed by atoms with Crippen LogP contribution in [-0.2, 0) is 4.79 Å². The Morgan fingerprint density at radius 1 is 1.64 bits per heavy atom. The Morgan fingerprint density at radius 2 is 2.43 bits per heavy atom. The zero-order valence-electron chi connectivity index (χ0n) is 8.96. The molecule has 0 aromatic heterocycles. The summed E-state index contributed by atoms with van der Waals surface area (Å²) in [6.07, 6.45) is 3.03. The van der Waals surface area contributed by atoms with Gasteiger partial charge in [-0.2, -0.15) is 0 Å². The first-order chi connectivity index (χ1) is 6.72. The van der Waals surface area contributed by atoms with Crippen molar-refractivity contribution >= 4 is 5.91 Å². The third-order valence-electron chi connectivity index (χ3n) is 2.77. The molecule has 4 heteroatoms. The Labute approximate surface area is 85.8 Å². The second kappa shape index (κ2) is 5.98. The van der Waals surface area contributed by atoms with Crippen LogP contribution >= 0.6 is 0 Å². The molecule has 14 heavy (non-hydrogen) atoms. The van der Waals surface area contributed by atoms with Crippen LogP contribution in [0, 0.1) is 5.92 Å². The Morgan fingerprint density at radius 3 is 3.07 bits per heavy atom. The number of nitrogens with two attached hydrogens (primary N) is 1. The highest BCUT2D eigenvalue weighted by atomic mass is 16.1. The fourth-order valence-corrected chi connectivity index (χ4v) is 2.08. The van der Waals surface area contributed by atoms with E-state index in [1.807, 2.05) is 7.05 Å². The number of piperidine rings is 1. The van der Waals surface area contributed by atoms with Crippen molar-refractivity contribution < 1.29 is 4.79 Å². The monoisotopic (exact) mass is 199 g/mol. The van der Waals surface area contributed by atoms with Gasteiger partial charge in [-0.25, -0.2) is 0 Å². The van der Waals surface area contributed by atoms with Crippen LogP contribution in [0.15, 0.2) is 0 Å². The minimum Gasteiger partial charge on any atom is -0.370 e. The molecule has 1 amide bonds. The van der Waals surface area contributed by atoms with Gasteiger partial charge in [0, 0.05) is 19.5 Å². The zero-order chi connectivity index (χ0) is 10.4. The molecule has 0 spiro atoms. The Hall–Kier alpha value is -0.610. The largest absolute Gasteiger partial charge is 0.370 e. The van der Waals surface area contributed by atoms with Gasteiger partial charge in [-0.1, -0.05) is 0 Å². The molecule has 1 unspecified atom stereocenters. The maximum absolute atomic E-state index is 10.6. The summed E-state index contributed by atoms with van der Waals surface area (Å²) in [4.78, 5) is 13.0. The molecule has 1 atom stereocenters. The molecule has 1 fully saturated rings. The van der Waals surface area contributed by atoms with Crippen molar-refractivity contribution in [2.75, 3.05) is 33.2 Å². The third kappa shape index (κ3) is 4.07. The van der Waals surface area contributed by atoms with Crippen molar-refractivity contribution in [2.45, 2.75) is 19.3 Å². The van der Waals surface area contributed by atoms with Crippen LogP contribution in [0.2, 0.25) is 0 Å². The van der Waals surface area contributed by atoms with Gasteiger partial charge in [0.15, 0.2) is 0 Å². The summed E-state index contributed by atoms with van der Waals surface area (Å²) in [5, 5.41) is 3.20. The van der Waals surface area contributed by atoms with Crippen LogP contribution < -0.4 is 11.1 Å². The van der Waals surface area contributed by atoms with Gasteiger partial charge in [0.1, 0.15) is 0 Å². The van der Waals surface area contributed by atoms with Crippen LogP contribution in [0.4, 0.5) is 0 Å². The molecule has 0 saturated carbocycles. The van der Waals surface area contributed by atoms with Gasteiger partial charge in [-0.3, -0.25) is 4.79 Å². The lowest BCUT2D eigenvalue weighted by molar-refractivity contribution is -0.118. The molecule has 4 nitrogen and oxygen atoms in total. The van der Waals surface area contributed by atoms with Gasteiger partial charge in [0.2, 0.25) is 5.91 Å². The number of carbonyl (C=O) groups excluding carboxylic acids is 1. The van der Waals surface area contributed by atoms with E-state index in [0.717, 1.165) is 32.1 Å². The maximum Gasteiger partial charge on any atom is 0.218 e. The van der Waals surface area contributed by atoms with E-state index in [1.54, 1.807) is 0 Å². The zero-order valence-corrected chi connectivity index (χ0v) is 8.96. The van der Waals surface area contributed by atoms with Crippen molar-refractivity contribution in [1.82, 2.24) is 10.2 Å². The van der Waals surface area contributed by atoms with Gasteiger partial charge < -0.3 is 16.0 Å². The summed E-state index contributed by atoms with van der Waals surface area (Å²) in [7, 11) is 1.99. The Balaban J connectivity index is 2.21. The number of rotatable bonds is 5. The Bertz CT molecular complexity index is 182. The summed E-state index contributed by atoms with van der Waals surface area (Å²) in [5.74, 6) is 0.544. The van der Waals surface area contributed by atoms with Crippen LogP contribution in [0.1, 0.15) is 19.3 Å². The molecule has 1 saturated heterocycles. The van der Waals surface area contributed by atoms with Crippen LogP contribution in [0.25, 0.3) is 0 Å². The molecule has 1 aliphatic heterocycles. The molecule has 0 aliphatic carbocycles. The molecular weight excluding hydrogens is 178 g/mol. The second-order valence-corrected chi connectivity index (χ2v) is 4.08. The summed E-state index contributed by atoms with van der Waals surface area (Å²) in [6.45, 7) is 4.13. The van der Waals surface area contributed by atoms with Gasteiger partial charge in [-0.05, 0) is 38.9 Å². The summed E-state index contributed by atoms with van der Waals surface area (Å²) in [6, 6.07) is 0. The lowest BCUT2D eigenvalue weighted by Crippen LogP contribution is -2.40. The van der Waals surface area contributed by atoms with Crippen LogP contribution in [-0.4, -0.2) is 44.0 Å². The third-order valence-corrected chi connectivity index (χ3v) is 2.77. The number of nitrogens with zero attached hydrogens (tertiary/aromatic N) is 1. The number of amides is 1. The first-order valence-electron chi connectivity index (χ1n) is 5.37. The Kier molecular flexibility index (Phi) is 4.90. The first-order valence-corrected chi connectivity index (χ1v) is 5.37. The number of likely N-dealkylation sites (tertiary alicyclic amines) is 1. The lowest BCUT2D eigenvalue weighted by Gasteiger charge is -2.32. The minimum atomic E-state index is -0.194. The van der Waals surface area contributed by atoms with Crippen molar-refractivity contribution in [3.8, 4) is 0 Å². The average molecular weight is 199 g/mol. The van der Waals surface area contributed by atoms with E-state index in [-0.39, 0.29) is 5.91 Å². The highest BCUT2D eigenvalue weighted by Crippen LogP contribution is 2.15. The van der Waals surface area contributed by atoms with E-state index < -0.39 is 0 Å². The molecule has 1 heterocycles. The standard InChI is InChI=1S/C10H21N3O/c1-12-7-9-3-2-5-13(8-9)6-4-10(11)14/h9,12H,2-8H2,1H3,(H2,11,14). The highest BCUT2D eigenvalue weighted by molar-refractivity contribution is 5.73. The predicted octanol–water partition coefficient (Wildman–Crippen LogP) is -0.207. The molecule has 0 bridgehead atoms. The molecule has 3 N–H and O–H groups in total. The molecule has 1 aliphatic rings. The summed E-state index contributed by atoms with van der Waals surface area (Å²) >= 11 is 0. The lowest BCUT2D eigenvalue weighted by atomic mass is 9.98. The van der Waals surface area contributed by atoms with Gasteiger partial charge in [-0.15, -0.1) is 0 Å². The minimum absolute atomic E-state index is 0.194. The normalized spacial score (nSPS) is 23.6. The smallest absolute Gasteiger partial charge is 0.218 e. The van der Waals surface area contributed by atoms with E-state index in [0.29, 0.717) is 6.42 Å². The van der Waals surface area contributed by atoms with Crippen LogP contribution in [0.3, 0.4) is 0 Å². The topological polar surface area (TPSA) is 58.4 Å². The number of hydrogen-bond acceptors (Lipinski definition) is 3. The number of nitrogens with one attached hydrogen (secondary N) is 1. The highest BCUT2D eigenvalue weighted by Gasteiger charge is 2.18. The number of primary amides is 1. The van der Waals surface area contributed by atoms with E-state index >= 15 is 0 Å². The summed E-state index contributed by atoms with van der Waals surface area (Å²) < 4.78 is 0. The number of carbonyl (C=O) groups is 1. The molecular formula is C10H21N3O. The fourth-order valence-electron chi connectivity index (χ4n) is 2.08. The molecule has 82 valence electrons. The molecule has 1 rings (SSSR count). The van der Waals surface area contributed by atoms with Gasteiger partial charge >= 0.3 is 0 Å². The molecule has 0 aromatic rings. The van der Waals surface area contributed by atoms with E-state index in [2.05, 4.69) is 10.2 Å². The van der Waals surface area contributed by atoms with Gasteiger partial charge in [0.05, 0.1) is 0 Å². The van der Waals surface area contributed by atoms with E-state index in [9.17, 15) is 4.79 Å². The van der Waals surface area contributed by atoms with Crippen molar-refractivity contribution in [3.63, 3.8) is 0 Å². The SMILES string of the molecule is CNCC1CCCN(CCC(N)=O)C1. The van der Waals surface area contributed by atoms with E-state index in [4.69, 9.17) is 5.73 Å². The molecule has 0 aromatic carbocycles. The predicted molar refractivity (Wildman–Crippen MR) is 56.9 cm³/mol. The van der Waals surface area contributed by atoms with Crippen molar-refractivity contribution in [2.24, 2.45) is 11.7 Å². The fraction of sp³-hybridized carbons (Fsp3) is 0.900. The van der Waals surface area contributed by atoms with E-state index in [1.165, 1.54) is 12.8 Å². The number of hydrogen-bond donors (Lipinski definition) is 2. The quantitative estimate of drug-likeness (QED) is 0.644. The maximum atomic E-state index is 10.6. The summed E-state index contributed by atoms with van der Waals surface area (Å²) in [5.41, 5.74) is 5.13. The van der Waals surface area contributed by atoms with Crippen LogP contribution in [0.5, 0.6) is 0 Å². The van der Waals surface area contributed by atoms with Gasteiger partial charge in [0.25, 0.3) is 0 Å². The second-order valence-electron chi connectivity index (χ2n) is 4.08. The van der Waals surface area contributed by atoms with Crippen molar-refractivity contribution in [3.05, 3.63) is 0 Å². The average Bonchev–Trinajstić information content (AvgIpc) is 2.16.